The van der Waals surface area contributed by atoms with Gasteiger partial charge in [-0.25, -0.2) is 0 Å². The van der Waals surface area contributed by atoms with E-state index in [0.717, 1.165) is 23.1 Å². The number of Topliss-reactive ketones (excluding diaryl/α,β-unsaturated/α-hetero) is 1. The van der Waals surface area contributed by atoms with Crippen molar-refractivity contribution in [1.29, 1.82) is 0 Å². The minimum atomic E-state index is -0.121. The maximum absolute atomic E-state index is 11.6. The van der Waals surface area contributed by atoms with Crippen molar-refractivity contribution in [3.05, 3.63) is 36.1 Å². The lowest BCUT2D eigenvalue weighted by atomic mass is 10.0. The Hall–Kier alpha value is -1.61. The minimum Gasteiger partial charge on any atom is -0.464 e. The highest BCUT2D eigenvalue weighted by molar-refractivity contribution is 5.89. The van der Waals surface area contributed by atoms with Gasteiger partial charge in [0.1, 0.15) is 5.58 Å². The van der Waals surface area contributed by atoms with Crippen molar-refractivity contribution in [3.8, 4) is 0 Å². The van der Waals surface area contributed by atoms with Crippen LogP contribution in [0, 0.1) is 0 Å². The van der Waals surface area contributed by atoms with Gasteiger partial charge < -0.3 is 9.73 Å². The Bertz CT molecular complexity index is 515. The average Bonchev–Trinajstić information content (AvgIpc) is 2.84. The summed E-state index contributed by atoms with van der Waals surface area (Å²) in [5, 5.41) is 4.25. The molecule has 0 saturated carbocycles. The zero-order chi connectivity index (χ0) is 10.3. The molecule has 0 radical (unpaired) electrons. The van der Waals surface area contributed by atoms with Gasteiger partial charge in [-0.15, -0.1) is 0 Å². The molecule has 3 rings (SSSR count). The Morgan fingerprint density at radius 2 is 2.27 bits per heavy atom. The molecular formula is C12H11NO2. The fourth-order valence-electron chi connectivity index (χ4n) is 2.07. The van der Waals surface area contributed by atoms with E-state index in [1.807, 2.05) is 24.3 Å². The first-order chi connectivity index (χ1) is 7.34. The number of carbonyl (C=O) groups is 1. The third-order valence-electron chi connectivity index (χ3n) is 2.85. The lowest BCUT2D eigenvalue weighted by Crippen LogP contribution is -2.17. The van der Waals surface area contributed by atoms with Crippen LogP contribution in [0.3, 0.4) is 0 Å². The molecule has 0 aliphatic carbocycles. The molecule has 3 nitrogen and oxygen atoms in total. The number of hydrogen-bond donors (Lipinski definition) is 1. The molecule has 1 saturated heterocycles. The van der Waals surface area contributed by atoms with Crippen molar-refractivity contribution in [1.82, 2.24) is 5.32 Å². The normalized spacial score (nSPS) is 21.3. The molecule has 15 heavy (non-hydrogen) atoms. The quantitative estimate of drug-likeness (QED) is 0.767. The van der Waals surface area contributed by atoms with E-state index in [1.54, 1.807) is 6.26 Å². The van der Waals surface area contributed by atoms with Gasteiger partial charge in [-0.05, 0) is 23.8 Å². The molecule has 76 valence electrons. The molecule has 0 bridgehead atoms. The molecule has 1 aliphatic rings. The molecule has 3 heteroatoms. The summed E-state index contributed by atoms with van der Waals surface area (Å²) in [7, 11) is 0. The molecule has 1 fully saturated rings. The number of ketones is 1. The summed E-state index contributed by atoms with van der Waals surface area (Å²) < 4.78 is 5.26. The molecule has 1 unspecified atom stereocenters. The third-order valence-corrected chi connectivity index (χ3v) is 2.85. The molecule has 1 N–H and O–H groups in total. The summed E-state index contributed by atoms with van der Waals surface area (Å²) in [4.78, 5) is 11.6. The second-order valence-corrected chi connectivity index (χ2v) is 3.82. The SMILES string of the molecule is O=C1CCNC1c1ccc2occc2c1. The van der Waals surface area contributed by atoms with E-state index >= 15 is 0 Å². The molecular weight excluding hydrogens is 190 g/mol. The minimum absolute atomic E-state index is 0.121. The van der Waals surface area contributed by atoms with Crippen molar-refractivity contribution in [2.24, 2.45) is 0 Å². The fraction of sp³-hybridized carbons (Fsp3) is 0.250. The van der Waals surface area contributed by atoms with Crippen LogP contribution in [0.4, 0.5) is 0 Å². The number of carbonyl (C=O) groups excluding carboxylic acids is 1. The van der Waals surface area contributed by atoms with Gasteiger partial charge in [-0.1, -0.05) is 6.07 Å². The number of fused-ring (bicyclic) bond motifs is 1. The molecule has 2 heterocycles. The third kappa shape index (κ3) is 1.36. The van der Waals surface area contributed by atoms with Crippen LogP contribution in [-0.2, 0) is 4.79 Å². The van der Waals surface area contributed by atoms with E-state index in [9.17, 15) is 4.79 Å². The van der Waals surface area contributed by atoms with Gasteiger partial charge >= 0.3 is 0 Å². The first-order valence-corrected chi connectivity index (χ1v) is 5.08. The maximum atomic E-state index is 11.6. The molecule has 1 atom stereocenters. The second kappa shape index (κ2) is 3.21. The zero-order valence-corrected chi connectivity index (χ0v) is 8.19. The van der Waals surface area contributed by atoms with Crippen LogP contribution in [0.15, 0.2) is 34.9 Å². The summed E-state index contributed by atoms with van der Waals surface area (Å²) in [5.74, 6) is 0.276. The van der Waals surface area contributed by atoms with Crippen LogP contribution in [0.2, 0.25) is 0 Å². The van der Waals surface area contributed by atoms with Crippen LogP contribution in [-0.4, -0.2) is 12.3 Å². The maximum Gasteiger partial charge on any atom is 0.155 e. The van der Waals surface area contributed by atoms with Crippen LogP contribution in [0.1, 0.15) is 18.0 Å². The Morgan fingerprint density at radius 1 is 1.33 bits per heavy atom. The predicted molar refractivity (Wildman–Crippen MR) is 56.6 cm³/mol. The number of furan rings is 1. The molecule has 0 amide bonds. The molecule has 2 aromatic rings. The highest BCUT2D eigenvalue weighted by atomic mass is 16.3. The van der Waals surface area contributed by atoms with E-state index in [1.165, 1.54) is 0 Å². The van der Waals surface area contributed by atoms with Gasteiger partial charge in [0.25, 0.3) is 0 Å². The largest absolute Gasteiger partial charge is 0.464 e. The Labute approximate surface area is 87.1 Å². The monoisotopic (exact) mass is 201 g/mol. The first kappa shape index (κ1) is 8.68. The Balaban J connectivity index is 2.06. The van der Waals surface area contributed by atoms with Crippen molar-refractivity contribution in [2.75, 3.05) is 6.54 Å². The van der Waals surface area contributed by atoms with Gasteiger partial charge in [0.15, 0.2) is 5.78 Å². The van der Waals surface area contributed by atoms with Crippen LogP contribution >= 0.6 is 0 Å². The van der Waals surface area contributed by atoms with Gasteiger partial charge in [0.2, 0.25) is 0 Å². The predicted octanol–water partition coefficient (Wildman–Crippen LogP) is 2.04. The molecule has 1 aromatic heterocycles. The van der Waals surface area contributed by atoms with Gasteiger partial charge in [0, 0.05) is 18.4 Å². The number of rotatable bonds is 1. The fourth-order valence-corrected chi connectivity index (χ4v) is 2.07. The van der Waals surface area contributed by atoms with Gasteiger partial charge in [0.05, 0.1) is 12.3 Å². The molecule has 1 aliphatic heterocycles. The first-order valence-electron chi connectivity index (χ1n) is 5.08. The lowest BCUT2D eigenvalue weighted by Gasteiger charge is -2.08. The van der Waals surface area contributed by atoms with Crippen molar-refractivity contribution in [2.45, 2.75) is 12.5 Å². The van der Waals surface area contributed by atoms with E-state index < -0.39 is 0 Å². The van der Waals surface area contributed by atoms with Gasteiger partial charge in [-0.2, -0.15) is 0 Å². The Kier molecular flexibility index (Phi) is 1.86. The summed E-state index contributed by atoms with van der Waals surface area (Å²) in [6.07, 6.45) is 2.30. The second-order valence-electron chi connectivity index (χ2n) is 3.82. The molecule has 0 spiro atoms. The summed E-state index contributed by atoms with van der Waals surface area (Å²) in [5.41, 5.74) is 1.90. The van der Waals surface area contributed by atoms with E-state index in [4.69, 9.17) is 4.42 Å². The number of benzene rings is 1. The topological polar surface area (TPSA) is 42.2 Å². The van der Waals surface area contributed by atoms with Gasteiger partial charge in [-0.3, -0.25) is 4.79 Å². The van der Waals surface area contributed by atoms with Crippen LogP contribution < -0.4 is 5.32 Å². The van der Waals surface area contributed by atoms with Crippen molar-refractivity contribution >= 4 is 16.8 Å². The highest BCUT2D eigenvalue weighted by Gasteiger charge is 2.25. The average molecular weight is 201 g/mol. The standard InChI is InChI=1S/C12H11NO2/c14-10-3-5-13-12(10)9-1-2-11-8(7-9)4-6-15-11/h1-2,4,6-7,12-13H,3,5H2. The Morgan fingerprint density at radius 3 is 3.07 bits per heavy atom. The smallest absolute Gasteiger partial charge is 0.155 e. The van der Waals surface area contributed by atoms with Crippen LogP contribution in [0.25, 0.3) is 11.0 Å². The summed E-state index contributed by atoms with van der Waals surface area (Å²) >= 11 is 0. The van der Waals surface area contributed by atoms with Crippen molar-refractivity contribution in [3.63, 3.8) is 0 Å². The summed E-state index contributed by atoms with van der Waals surface area (Å²) in [6.45, 7) is 0.785. The number of hydrogen-bond acceptors (Lipinski definition) is 3. The summed E-state index contributed by atoms with van der Waals surface area (Å²) in [6, 6.07) is 7.67. The highest BCUT2D eigenvalue weighted by Crippen LogP contribution is 2.24. The van der Waals surface area contributed by atoms with E-state index in [2.05, 4.69) is 5.32 Å². The van der Waals surface area contributed by atoms with Crippen LogP contribution in [0.5, 0.6) is 0 Å². The number of nitrogens with one attached hydrogen (secondary N) is 1. The van der Waals surface area contributed by atoms with Crippen molar-refractivity contribution < 1.29 is 9.21 Å². The zero-order valence-electron chi connectivity index (χ0n) is 8.19. The van der Waals surface area contributed by atoms with E-state index in [-0.39, 0.29) is 11.8 Å². The lowest BCUT2D eigenvalue weighted by molar-refractivity contribution is -0.118. The van der Waals surface area contributed by atoms with E-state index in [0.29, 0.717) is 6.42 Å². The molecule has 1 aromatic carbocycles.